The van der Waals surface area contributed by atoms with E-state index in [-0.39, 0.29) is 11.9 Å². The Hall–Kier alpha value is -0.580. The molecule has 5 heteroatoms. The van der Waals surface area contributed by atoms with Crippen molar-refractivity contribution in [2.75, 3.05) is 7.05 Å². The molecular weight excluding hydrogens is 256 g/mol. The van der Waals surface area contributed by atoms with Gasteiger partial charge in [-0.1, -0.05) is 25.4 Å². The van der Waals surface area contributed by atoms with Crippen LogP contribution >= 0.6 is 22.9 Å². The van der Waals surface area contributed by atoms with Gasteiger partial charge in [-0.2, -0.15) is 0 Å². The third kappa shape index (κ3) is 4.66. The van der Waals surface area contributed by atoms with Crippen LogP contribution in [0, 0.1) is 5.92 Å². The summed E-state index contributed by atoms with van der Waals surface area (Å²) in [6.45, 7) is 4.65. The van der Waals surface area contributed by atoms with Gasteiger partial charge >= 0.3 is 0 Å². The van der Waals surface area contributed by atoms with Crippen LogP contribution in [0.4, 0.5) is 0 Å². The van der Waals surface area contributed by atoms with Gasteiger partial charge < -0.3 is 10.6 Å². The fourth-order valence-corrected chi connectivity index (χ4v) is 2.49. The van der Waals surface area contributed by atoms with Crippen LogP contribution in [0.5, 0.6) is 0 Å². The molecule has 0 spiro atoms. The van der Waals surface area contributed by atoms with Gasteiger partial charge in [-0.25, -0.2) is 0 Å². The van der Waals surface area contributed by atoms with Crippen molar-refractivity contribution in [2.24, 2.45) is 11.7 Å². The molecule has 1 unspecified atom stereocenters. The topological polar surface area (TPSA) is 46.3 Å². The van der Waals surface area contributed by atoms with Crippen molar-refractivity contribution in [1.82, 2.24) is 4.90 Å². The van der Waals surface area contributed by atoms with Gasteiger partial charge in [-0.15, -0.1) is 11.3 Å². The van der Waals surface area contributed by atoms with Gasteiger partial charge in [0, 0.05) is 24.4 Å². The van der Waals surface area contributed by atoms with Gasteiger partial charge in [0.25, 0.3) is 0 Å². The molecule has 2 N–H and O–H groups in total. The van der Waals surface area contributed by atoms with E-state index in [1.54, 1.807) is 11.9 Å². The molecule has 0 saturated carbocycles. The third-order valence-electron chi connectivity index (χ3n) is 2.71. The first-order valence-corrected chi connectivity index (χ1v) is 6.83. The second kappa shape index (κ2) is 6.38. The molecule has 1 amide bonds. The Morgan fingerprint density at radius 3 is 2.65 bits per heavy atom. The Balaban J connectivity index is 2.47. The Bertz CT molecular complexity index is 378. The van der Waals surface area contributed by atoms with E-state index in [4.69, 9.17) is 17.3 Å². The first-order valence-electron chi connectivity index (χ1n) is 5.64. The van der Waals surface area contributed by atoms with E-state index in [0.29, 0.717) is 18.9 Å². The molecule has 0 fully saturated rings. The van der Waals surface area contributed by atoms with Gasteiger partial charge in [0.05, 0.1) is 10.9 Å². The van der Waals surface area contributed by atoms with Crippen LogP contribution in [-0.4, -0.2) is 23.9 Å². The quantitative estimate of drug-likeness (QED) is 0.897. The summed E-state index contributed by atoms with van der Waals surface area (Å²) in [6.07, 6.45) is 0.396. The lowest BCUT2D eigenvalue weighted by Crippen LogP contribution is -2.35. The molecule has 0 aliphatic rings. The van der Waals surface area contributed by atoms with Gasteiger partial charge in [-0.05, 0) is 18.1 Å². The molecule has 0 aromatic carbocycles. The van der Waals surface area contributed by atoms with E-state index in [1.807, 2.05) is 26.0 Å². The maximum Gasteiger partial charge on any atom is 0.224 e. The highest BCUT2D eigenvalue weighted by Gasteiger charge is 2.16. The van der Waals surface area contributed by atoms with E-state index in [9.17, 15) is 4.79 Å². The average Bonchev–Trinajstić information content (AvgIpc) is 2.63. The Morgan fingerprint density at radius 2 is 2.18 bits per heavy atom. The summed E-state index contributed by atoms with van der Waals surface area (Å²) in [5.74, 6) is 0.402. The molecule has 3 nitrogen and oxygen atoms in total. The Labute approximate surface area is 112 Å². The maximum atomic E-state index is 11.9. The highest BCUT2D eigenvalue weighted by atomic mass is 35.5. The van der Waals surface area contributed by atoms with Crippen molar-refractivity contribution < 1.29 is 4.79 Å². The number of nitrogens with two attached hydrogens (primary N) is 1. The largest absolute Gasteiger partial charge is 0.341 e. The smallest absolute Gasteiger partial charge is 0.224 e. The van der Waals surface area contributed by atoms with Gasteiger partial charge in [0.15, 0.2) is 0 Å². The van der Waals surface area contributed by atoms with Crippen LogP contribution in [0.2, 0.25) is 4.34 Å². The molecule has 0 saturated heterocycles. The molecule has 1 atom stereocenters. The number of carbonyl (C=O) groups is 1. The second-order valence-corrected chi connectivity index (χ2v) is 6.37. The molecular formula is C12H19ClN2OS. The summed E-state index contributed by atoms with van der Waals surface area (Å²) in [5.41, 5.74) is 5.89. The maximum absolute atomic E-state index is 11.9. The predicted molar refractivity (Wildman–Crippen MR) is 73.2 cm³/mol. The molecule has 0 radical (unpaired) electrons. The van der Waals surface area contributed by atoms with Gasteiger partial charge in [0.1, 0.15) is 0 Å². The van der Waals surface area contributed by atoms with Crippen LogP contribution in [-0.2, 0) is 11.3 Å². The van der Waals surface area contributed by atoms with Crippen molar-refractivity contribution in [2.45, 2.75) is 32.9 Å². The monoisotopic (exact) mass is 274 g/mol. The molecule has 1 rings (SSSR count). The standard InChI is InChI=1S/C12H19ClN2OS/c1-8(2)10(14)6-12(16)15(3)7-9-4-5-11(13)17-9/h4-5,8,10H,6-7,14H2,1-3H3. The van der Waals surface area contributed by atoms with E-state index in [2.05, 4.69) is 0 Å². The predicted octanol–water partition coefficient (Wildman–Crippen LogP) is 2.73. The molecule has 1 aromatic rings. The molecule has 1 heterocycles. The van der Waals surface area contributed by atoms with E-state index >= 15 is 0 Å². The first-order chi connectivity index (χ1) is 7.90. The lowest BCUT2D eigenvalue weighted by atomic mass is 10.0. The fourth-order valence-electron chi connectivity index (χ4n) is 1.35. The van der Waals surface area contributed by atoms with Crippen molar-refractivity contribution >= 4 is 28.8 Å². The van der Waals surface area contributed by atoms with Gasteiger partial charge in [0.2, 0.25) is 5.91 Å². The highest BCUT2D eigenvalue weighted by molar-refractivity contribution is 7.16. The van der Waals surface area contributed by atoms with Crippen LogP contribution < -0.4 is 5.73 Å². The minimum Gasteiger partial charge on any atom is -0.341 e. The molecule has 1 aromatic heterocycles. The number of hydrogen-bond donors (Lipinski definition) is 1. The Morgan fingerprint density at radius 1 is 1.53 bits per heavy atom. The van der Waals surface area contributed by atoms with E-state index in [0.717, 1.165) is 9.21 Å². The number of amides is 1. The zero-order valence-electron chi connectivity index (χ0n) is 10.4. The fraction of sp³-hybridized carbons (Fsp3) is 0.583. The zero-order chi connectivity index (χ0) is 13.0. The number of thiophene rings is 1. The summed E-state index contributed by atoms with van der Waals surface area (Å²) in [5, 5.41) is 0. The summed E-state index contributed by atoms with van der Waals surface area (Å²) in [4.78, 5) is 14.7. The minimum absolute atomic E-state index is 0.0723. The zero-order valence-corrected chi connectivity index (χ0v) is 12.0. The average molecular weight is 275 g/mol. The van der Waals surface area contributed by atoms with E-state index < -0.39 is 0 Å². The van der Waals surface area contributed by atoms with Crippen LogP contribution in [0.25, 0.3) is 0 Å². The Kier molecular flexibility index (Phi) is 5.43. The van der Waals surface area contributed by atoms with Crippen LogP contribution in [0.1, 0.15) is 25.1 Å². The summed E-state index contributed by atoms with van der Waals surface area (Å²) in [6, 6.07) is 3.72. The van der Waals surface area contributed by atoms with Gasteiger partial charge in [-0.3, -0.25) is 4.79 Å². The van der Waals surface area contributed by atoms with Crippen molar-refractivity contribution in [3.8, 4) is 0 Å². The molecule has 17 heavy (non-hydrogen) atoms. The highest BCUT2D eigenvalue weighted by Crippen LogP contribution is 2.22. The molecule has 96 valence electrons. The molecule has 0 aliphatic heterocycles. The molecule has 0 bridgehead atoms. The summed E-state index contributed by atoms with van der Waals surface area (Å²) >= 11 is 7.34. The third-order valence-corrected chi connectivity index (χ3v) is 3.93. The van der Waals surface area contributed by atoms with E-state index in [1.165, 1.54) is 11.3 Å². The number of halogens is 1. The minimum atomic E-state index is -0.0723. The first kappa shape index (κ1) is 14.5. The second-order valence-electron chi connectivity index (χ2n) is 4.57. The van der Waals surface area contributed by atoms with Crippen LogP contribution in [0.15, 0.2) is 12.1 Å². The SMILES string of the molecule is CC(C)C(N)CC(=O)N(C)Cc1ccc(Cl)s1. The summed E-state index contributed by atoms with van der Waals surface area (Å²) in [7, 11) is 1.79. The number of nitrogens with zero attached hydrogens (tertiary/aromatic N) is 1. The molecule has 0 aliphatic carbocycles. The van der Waals surface area contributed by atoms with Crippen LogP contribution in [0.3, 0.4) is 0 Å². The van der Waals surface area contributed by atoms with Crippen molar-refractivity contribution in [3.63, 3.8) is 0 Å². The number of hydrogen-bond acceptors (Lipinski definition) is 3. The number of rotatable bonds is 5. The van der Waals surface area contributed by atoms with Crippen molar-refractivity contribution in [1.29, 1.82) is 0 Å². The number of carbonyl (C=O) groups excluding carboxylic acids is 1. The lowest BCUT2D eigenvalue weighted by Gasteiger charge is -2.20. The normalized spacial score (nSPS) is 12.8. The van der Waals surface area contributed by atoms with Crippen molar-refractivity contribution in [3.05, 3.63) is 21.3 Å². The summed E-state index contributed by atoms with van der Waals surface area (Å²) < 4.78 is 0.750. The lowest BCUT2D eigenvalue weighted by molar-refractivity contribution is -0.130.